The van der Waals surface area contributed by atoms with Gasteiger partial charge in [-0.15, -0.1) is 0 Å². The number of hydrogen-bond acceptors (Lipinski definition) is 5. The first-order valence-corrected chi connectivity index (χ1v) is 9.39. The van der Waals surface area contributed by atoms with Crippen molar-refractivity contribution < 1.29 is 22.4 Å². The highest BCUT2D eigenvalue weighted by atomic mass is 32.2. The number of amides is 2. The Morgan fingerprint density at radius 2 is 1.73 bits per heavy atom. The summed E-state index contributed by atoms with van der Waals surface area (Å²) in [5, 5.41) is 4.12. The summed E-state index contributed by atoms with van der Waals surface area (Å²) in [6.45, 7) is 3.52. The number of halogens is 1. The van der Waals surface area contributed by atoms with Crippen LogP contribution in [0.15, 0.2) is 35.2 Å². The van der Waals surface area contributed by atoms with Crippen molar-refractivity contribution in [3.63, 3.8) is 0 Å². The smallest absolute Gasteiger partial charge is 0.260 e. The topological polar surface area (TPSA) is 110 Å². The fraction of sp³-hybridized carbons (Fsp3) is 0.312. The van der Waals surface area contributed by atoms with Crippen molar-refractivity contribution in [2.75, 3.05) is 5.75 Å². The van der Waals surface area contributed by atoms with Crippen LogP contribution in [0.1, 0.15) is 17.8 Å². The van der Waals surface area contributed by atoms with E-state index in [1.54, 1.807) is 13.8 Å². The maximum atomic E-state index is 12.8. The van der Waals surface area contributed by atoms with Gasteiger partial charge in [0, 0.05) is 12.1 Å². The first kappa shape index (κ1) is 19.6. The lowest BCUT2D eigenvalue weighted by molar-refractivity contribution is -0.129. The molecule has 0 aliphatic heterocycles. The Morgan fingerprint density at radius 1 is 1.12 bits per heavy atom. The molecule has 0 saturated heterocycles. The van der Waals surface area contributed by atoms with Crippen molar-refractivity contribution in [3.8, 4) is 0 Å². The summed E-state index contributed by atoms with van der Waals surface area (Å²) in [5.74, 6) is -2.16. The SMILES string of the molecule is Cc1cc(C)n(CC(=O)NNC(=O)CCS(=O)(=O)c2ccc(F)cc2)n1. The molecule has 1 aromatic carbocycles. The molecule has 0 bridgehead atoms. The summed E-state index contributed by atoms with van der Waals surface area (Å²) in [5.41, 5.74) is 5.93. The zero-order valence-corrected chi connectivity index (χ0v) is 15.1. The van der Waals surface area contributed by atoms with Crippen LogP contribution in [0.2, 0.25) is 0 Å². The molecule has 0 spiro atoms. The molecule has 0 unspecified atom stereocenters. The highest BCUT2D eigenvalue weighted by Gasteiger charge is 2.17. The van der Waals surface area contributed by atoms with Crippen molar-refractivity contribution in [2.45, 2.75) is 31.7 Å². The van der Waals surface area contributed by atoms with Gasteiger partial charge in [-0.25, -0.2) is 12.8 Å². The molecule has 0 saturated carbocycles. The van der Waals surface area contributed by atoms with Gasteiger partial charge in [0.2, 0.25) is 5.91 Å². The van der Waals surface area contributed by atoms with Gasteiger partial charge in [0.05, 0.1) is 16.3 Å². The van der Waals surface area contributed by atoms with Gasteiger partial charge in [-0.3, -0.25) is 25.1 Å². The van der Waals surface area contributed by atoms with Gasteiger partial charge in [0.1, 0.15) is 12.4 Å². The Morgan fingerprint density at radius 3 is 2.31 bits per heavy atom. The summed E-state index contributed by atoms with van der Waals surface area (Å²) in [4.78, 5) is 23.5. The number of aryl methyl sites for hydroxylation is 2. The molecule has 8 nitrogen and oxygen atoms in total. The lowest BCUT2D eigenvalue weighted by Gasteiger charge is -2.09. The molecular formula is C16H19FN4O4S. The predicted octanol–water partition coefficient (Wildman–Crippen LogP) is 0.650. The third-order valence-corrected chi connectivity index (χ3v) is 5.24. The van der Waals surface area contributed by atoms with E-state index < -0.39 is 33.2 Å². The van der Waals surface area contributed by atoms with Gasteiger partial charge in [-0.05, 0) is 44.2 Å². The van der Waals surface area contributed by atoms with Crippen LogP contribution in [-0.4, -0.2) is 35.8 Å². The molecule has 1 heterocycles. The molecule has 2 N–H and O–H groups in total. The van der Waals surface area contributed by atoms with Crippen LogP contribution in [0, 0.1) is 19.7 Å². The van der Waals surface area contributed by atoms with E-state index in [2.05, 4.69) is 16.0 Å². The normalized spacial score (nSPS) is 11.2. The zero-order valence-electron chi connectivity index (χ0n) is 14.3. The van der Waals surface area contributed by atoms with E-state index in [0.717, 1.165) is 35.7 Å². The van der Waals surface area contributed by atoms with E-state index in [1.165, 1.54) is 4.68 Å². The van der Waals surface area contributed by atoms with Gasteiger partial charge >= 0.3 is 0 Å². The number of nitrogens with zero attached hydrogens (tertiary/aromatic N) is 2. The first-order valence-electron chi connectivity index (χ1n) is 7.74. The van der Waals surface area contributed by atoms with Crippen molar-refractivity contribution in [3.05, 3.63) is 47.5 Å². The third kappa shape index (κ3) is 5.38. The van der Waals surface area contributed by atoms with Crippen molar-refractivity contribution in [1.82, 2.24) is 20.6 Å². The molecule has 0 aliphatic carbocycles. The molecule has 26 heavy (non-hydrogen) atoms. The molecule has 2 aromatic rings. The van der Waals surface area contributed by atoms with E-state index in [9.17, 15) is 22.4 Å². The van der Waals surface area contributed by atoms with Gasteiger partial charge in [-0.2, -0.15) is 5.10 Å². The van der Waals surface area contributed by atoms with E-state index in [4.69, 9.17) is 0 Å². The number of carbonyl (C=O) groups is 2. The molecule has 10 heteroatoms. The Balaban J connectivity index is 1.80. The zero-order chi connectivity index (χ0) is 19.3. The summed E-state index contributed by atoms with van der Waals surface area (Å²) in [6, 6.07) is 6.15. The average Bonchev–Trinajstić information content (AvgIpc) is 2.89. The minimum absolute atomic E-state index is 0.0692. The number of aromatic nitrogens is 2. The van der Waals surface area contributed by atoms with E-state index in [-0.39, 0.29) is 17.9 Å². The molecule has 0 fully saturated rings. The highest BCUT2D eigenvalue weighted by molar-refractivity contribution is 7.91. The lowest BCUT2D eigenvalue weighted by atomic mass is 10.4. The number of nitrogens with one attached hydrogen (secondary N) is 2. The Labute approximate surface area is 150 Å². The molecule has 0 radical (unpaired) electrons. The number of sulfone groups is 1. The maximum Gasteiger partial charge on any atom is 0.260 e. The fourth-order valence-corrected chi connectivity index (χ4v) is 3.44. The van der Waals surface area contributed by atoms with E-state index >= 15 is 0 Å². The monoisotopic (exact) mass is 382 g/mol. The lowest BCUT2D eigenvalue weighted by Crippen LogP contribution is -2.43. The predicted molar refractivity (Wildman–Crippen MR) is 91.1 cm³/mol. The Hall–Kier alpha value is -2.75. The summed E-state index contributed by atoms with van der Waals surface area (Å²) < 4.78 is 38.5. The van der Waals surface area contributed by atoms with Crippen molar-refractivity contribution >= 4 is 21.7 Å². The summed E-state index contributed by atoms with van der Waals surface area (Å²) >= 11 is 0. The average molecular weight is 382 g/mol. The molecule has 2 amide bonds. The molecule has 1 aromatic heterocycles. The fourth-order valence-electron chi connectivity index (χ4n) is 2.20. The van der Waals surface area contributed by atoms with Crippen LogP contribution >= 0.6 is 0 Å². The number of hydrazine groups is 1. The van der Waals surface area contributed by atoms with Crippen LogP contribution in [0.4, 0.5) is 4.39 Å². The second kappa shape index (κ2) is 8.09. The molecule has 2 rings (SSSR count). The number of rotatable bonds is 6. The van der Waals surface area contributed by atoms with Gasteiger partial charge in [-0.1, -0.05) is 0 Å². The van der Waals surface area contributed by atoms with Crippen LogP contribution in [0.5, 0.6) is 0 Å². The number of hydrogen-bond donors (Lipinski definition) is 2. The van der Waals surface area contributed by atoms with E-state index in [0.29, 0.717) is 0 Å². The quantitative estimate of drug-likeness (QED) is 0.563. The molecule has 0 atom stereocenters. The number of benzene rings is 1. The Bertz CT molecular complexity index is 907. The summed E-state index contributed by atoms with van der Waals surface area (Å²) in [7, 11) is -3.72. The van der Waals surface area contributed by atoms with Crippen LogP contribution in [0.25, 0.3) is 0 Å². The highest BCUT2D eigenvalue weighted by Crippen LogP contribution is 2.12. The van der Waals surface area contributed by atoms with Crippen LogP contribution < -0.4 is 10.9 Å². The minimum Gasteiger partial charge on any atom is -0.273 e. The van der Waals surface area contributed by atoms with Gasteiger partial charge < -0.3 is 0 Å². The van der Waals surface area contributed by atoms with Gasteiger partial charge in [0.25, 0.3) is 5.91 Å². The van der Waals surface area contributed by atoms with Crippen LogP contribution in [0.3, 0.4) is 0 Å². The largest absolute Gasteiger partial charge is 0.273 e. The second-order valence-corrected chi connectivity index (χ2v) is 7.81. The van der Waals surface area contributed by atoms with Crippen LogP contribution in [-0.2, 0) is 26.0 Å². The minimum atomic E-state index is -3.72. The summed E-state index contributed by atoms with van der Waals surface area (Å²) in [6.07, 6.45) is -0.347. The Kier molecular flexibility index (Phi) is 6.09. The third-order valence-electron chi connectivity index (χ3n) is 3.51. The molecule has 140 valence electrons. The molecule has 0 aliphatic rings. The maximum absolute atomic E-state index is 12.8. The first-order chi connectivity index (χ1) is 12.2. The van der Waals surface area contributed by atoms with Gasteiger partial charge in [0.15, 0.2) is 9.84 Å². The second-order valence-electron chi connectivity index (χ2n) is 5.70. The standard InChI is InChI=1S/C16H19FN4O4S/c1-11-9-12(2)21(20-11)10-16(23)19-18-15(22)7-8-26(24,25)14-5-3-13(17)4-6-14/h3-6,9H,7-8,10H2,1-2H3,(H,18,22)(H,19,23). The van der Waals surface area contributed by atoms with Crippen molar-refractivity contribution in [2.24, 2.45) is 0 Å². The van der Waals surface area contributed by atoms with E-state index in [1.807, 2.05) is 6.07 Å². The molecular weight excluding hydrogens is 363 g/mol. The van der Waals surface area contributed by atoms with Crippen molar-refractivity contribution in [1.29, 1.82) is 0 Å². The number of carbonyl (C=O) groups excluding carboxylic acids is 2.